The normalized spacial score (nSPS) is 11.4. The Kier molecular flexibility index (Phi) is 9.07. The summed E-state index contributed by atoms with van der Waals surface area (Å²) in [4.78, 5) is 6.44. The first-order chi connectivity index (χ1) is 10.7. The average molecular weight is 307 g/mol. The number of benzene rings is 1. The number of hydrogen-bond donors (Lipinski definition) is 1. The van der Waals surface area contributed by atoms with Crippen LogP contribution in [0.2, 0.25) is 0 Å². The summed E-state index contributed by atoms with van der Waals surface area (Å²) in [6.45, 7) is 5.36. The molecule has 0 atom stereocenters. The quantitative estimate of drug-likeness (QED) is 0.432. The van der Waals surface area contributed by atoms with Crippen LogP contribution >= 0.6 is 0 Å². The number of unbranched alkanes of at least 4 members (excludes halogenated alkanes) is 1. The summed E-state index contributed by atoms with van der Waals surface area (Å²) in [6, 6.07) is 8.11. The van der Waals surface area contributed by atoms with Crippen LogP contribution in [0.15, 0.2) is 29.3 Å². The van der Waals surface area contributed by atoms with Crippen molar-refractivity contribution in [2.45, 2.75) is 26.3 Å². The second-order valence-corrected chi connectivity index (χ2v) is 5.08. The number of nitrogens with zero attached hydrogens (tertiary/aromatic N) is 2. The molecule has 0 saturated carbocycles. The number of aliphatic imine (C=N–C) groups is 1. The Morgan fingerprint density at radius 3 is 2.55 bits per heavy atom. The van der Waals surface area contributed by atoms with Crippen molar-refractivity contribution in [2.24, 2.45) is 4.99 Å². The standard InChI is InChI=1S/C17H29N3O2/c1-5-22-13-7-6-12-19-17(18-2)20(3)14-15-8-10-16(21-4)11-9-15/h8-11H,5-7,12-14H2,1-4H3,(H,18,19). The zero-order chi connectivity index (χ0) is 16.2. The number of rotatable bonds is 9. The van der Waals surface area contributed by atoms with E-state index in [2.05, 4.69) is 27.3 Å². The van der Waals surface area contributed by atoms with E-state index in [4.69, 9.17) is 9.47 Å². The van der Waals surface area contributed by atoms with Crippen LogP contribution in [0.4, 0.5) is 0 Å². The SMILES string of the molecule is CCOCCCCNC(=NC)N(C)Cc1ccc(OC)cc1. The monoisotopic (exact) mass is 307 g/mol. The Labute approximate surface area is 134 Å². The van der Waals surface area contributed by atoms with E-state index in [1.807, 2.05) is 33.2 Å². The topological polar surface area (TPSA) is 46.1 Å². The zero-order valence-corrected chi connectivity index (χ0v) is 14.3. The van der Waals surface area contributed by atoms with Crippen LogP contribution in [0.1, 0.15) is 25.3 Å². The molecule has 0 amide bonds. The van der Waals surface area contributed by atoms with Gasteiger partial charge in [0.25, 0.3) is 0 Å². The third-order valence-corrected chi connectivity index (χ3v) is 3.35. The van der Waals surface area contributed by atoms with E-state index in [9.17, 15) is 0 Å². The van der Waals surface area contributed by atoms with Gasteiger partial charge in [-0.05, 0) is 37.5 Å². The molecule has 0 aliphatic rings. The van der Waals surface area contributed by atoms with Gasteiger partial charge in [0.15, 0.2) is 5.96 Å². The van der Waals surface area contributed by atoms with Gasteiger partial charge in [-0.15, -0.1) is 0 Å². The number of nitrogens with one attached hydrogen (secondary N) is 1. The molecule has 5 heteroatoms. The van der Waals surface area contributed by atoms with Crippen molar-refractivity contribution in [3.63, 3.8) is 0 Å². The van der Waals surface area contributed by atoms with E-state index in [0.717, 1.165) is 50.9 Å². The fourth-order valence-electron chi connectivity index (χ4n) is 2.14. The maximum Gasteiger partial charge on any atom is 0.193 e. The summed E-state index contributed by atoms with van der Waals surface area (Å²) in [7, 11) is 5.53. The van der Waals surface area contributed by atoms with Crippen LogP contribution in [0.3, 0.4) is 0 Å². The zero-order valence-electron chi connectivity index (χ0n) is 14.3. The fourth-order valence-corrected chi connectivity index (χ4v) is 2.14. The van der Waals surface area contributed by atoms with E-state index in [-0.39, 0.29) is 0 Å². The molecule has 1 N–H and O–H groups in total. The molecule has 0 bridgehead atoms. The highest BCUT2D eigenvalue weighted by Crippen LogP contribution is 2.12. The van der Waals surface area contributed by atoms with Gasteiger partial charge in [-0.3, -0.25) is 4.99 Å². The van der Waals surface area contributed by atoms with Gasteiger partial charge < -0.3 is 19.7 Å². The third-order valence-electron chi connectivity index (χ3n) is 3.35. The molecule has 5 nitrogen and oxygen atoms in total. The lowest BCUT2D eigenvalue weighted by Crippen LogP contribution is -2.38. The van der Waals surface area contributed by atoms with Crippen LogP contribution in [-0.4, -0.2) is 51.8 Å². The van der Waals surface area contributed by atoms with Gasteiger partial charge in [0.05, 0.1) is 7.11 Å². The fraction of sp³-hybridized carbons (Fsp3) is 0.588. The molecule has 0 spiro atoms. The van der Waals surface area contributed by atoms with Crippen molar-refractivity contribution in [1.29, 1.82) is 0 Å². The Morgan fingerprint density at radius 2 is 1.95 bits per heavy atom. The lowest BCUT2D eigenvalue weighted by Gasteiger charge is -2.22. The molecule has 0 aliphatic carbocycles. The average Bonchev–Trinajstić information content (AvgIpc) is 2.55. The van der Waals surface area contributed by atoms with Gasteiger partial charge in [-0.2, -0.15) is 0 Å². The minimum absolute atomic E-state index is 0.791. The first kappa shape index (κ1) is 18.3. The molecule has 22 heavy (non-hydrogen) atoms. The summed E-state index contributed by atoms with van der Waals surface area (Å²) in [5.41, 5.74) is 1.22. The predicted molar refractivity (Wildman–Crippen MR) is 91.5 cm³/mol. The molecule has 0 heterocycles. The Morgan fingerprint density at radius 1 is 1.23 bits per heavy atom. The van der Waals surface area contributed by atoms with Gasteiger partial charge in [-0.1, -0.05) is 12.1 Å². The van der Waals surface area contributed by atoms with E-state index >= 15 is 0 Å². The van der Waals surface area contributed by atoms with Gasteiger partial charge in [-0.25, -0.2) is 0 Å². The van der Waals surface area contributed by atoms with Crippen molar-refractivity contribution in [3.05, 3.63) is 29.8 Å². The van der Waals surface area contributed by atoms with Crippen LogP contribution in [-0.2, 0) is 11.3 Å². The maximum absolute atomic E-state index is 5.33. The van der Waals surface area contributed by atoms with Crippen LogP contribution in [0.5, 0.6) is 5.75 Å². The first-order valence-corrected chi connectivity index (χ1v) is 7.83. The molecule has 0 radical (unpaired) electrons. The molecule has 0 aliphatic heterocycles. The summed E-state index contributed by atoms with van der Waals surface area (Å²) < 4.78 is 10.5. The molecule has 0 aromatic heterocycles. The molecule has 1 aromatic rings. The second kappa shape index (κ2) is 10.9. The van der Waals surface area contributed by atoms with E-state index in [1.165, 1.54) is 5.56 Å². The predicted octanol–water partition coefficient (Wildman–Crippen LogP) is 2.52. The Balaban J connectivity index is 2.35. The molecule has 1 rings (SSSR count). The molecule has 0 unspecified atom stereocenters. The Bertz CT molecular complexity index is 432. The van der Waals surface area contributed by atoms with E-state index < -0.39 is 0 Å². The Hall–Kier alpha value is -1.75. The van der Waals surface area contributed by atoms with Gasteiger partial charge in [0, 0.05) is 40.4 Å². The highest BCUT2D eigenvalue weighted by molar-refractivity contribution is 5.79. The molecule has 124 valence electrons. The van der Waals surface area contributed by atoms with Crippen LogP contribution in [0, 0.1) is 0 Å². The van der Waals surface area contributed by atoms with Gasteiger partial charge in [0.1, 0.15) is 5.75 Å². The minimum Gasteiger partial charge on any atom is -0.497 e. The lowest BCUT2D eigenvalue weighted by molar-refractivity contribution is 0.143. The van der Waals surface area contributed by atoms with Gasteiger partial charge in [0.2, 0.25) is 0 Å². The minimum atomic E-state index is 0.791. The van der Waals surface area contributed by atoms with E-state index in [0.29, 0.717) is 0 Å². The molecule has 0 fully saturated rings. The van der Waals surface area contributed by atoms with Crippen molar-refractivity contribution < 1.29 is 9.47 Å². The lowest BCUT2D eigenvalue weighted by atomic mass is 10.2. The number of guanidine groups is 1. The summed E-state index contributed by atoms with van der Waals surface area (Å²) in [5.74, 6) is 1.79. The molecular weight excluding hydrogens is 278 g/mol. The molecule has 0 saturated heterocycles. The number of hydrogen-bond acceptors (Lipinski definition) is 3. The third kappa shape index (κ3) is 6.80. The summed E-state index contributed by atoms with van der Waals surface area (Å²) in [5, 5.41) is 3.38. The molecular formula is C17H29N3O2. The number of ether oxygens (including phenoxy) is 2. The molecule has 1 aromatic carbocycles. The van der Waals surface area contributed by atoms with Crippen molar-refractivity contribution in [2.75, 3.05) is 41.0 Å². The van der Waals surface area contributed by atoms with Crippen molar-refractivity contribution in [1.82, 2.24) is 10.2 Å². The van der Waals surface area contributed by atoms with Crippen LogP contribution < -0.4 is 10.1 Å². The largest absolute Gasteiger partial charge is 0.497 e. The summed E-state index contributed by atoms with van der Waals surface area (Å²) in [6.07, 6.45) is 2.15. The smallest absolute Gasteiger partial charge is 0.193 e. The van der Waals surface area contributed by atoms with Crippen LogP contribution in [0.25, 0.3) is 0 Å². The van der Waals surface area contributed by atoms with E-state index in [1.54, 1.807) is 7.11 Å². The highest BCUT2D eigenvalue weighted by Gasteiger charge is 2.06. The highest BCUT2D eigenvalue weighted by atomic mass is 16.5. The van der Waals surface area contributed by atoms with Gasteiger partial charge >= 0.3 is 0 Å². The summed E-state index contributed by atoms with van der Waals surface area (Å²) >= 11 is 0. The van der Waals surface area contributed by atoms with Crippen molar-refractivity contribution >= 4 is 5.96 Å². The second-order valence-electron chi connectivity index (χ2n) is 5.08. The van der Waals surface area contributed by atoms with Crippen molar-refractivity contribution in [3.8, 4) is 5.75 Å². The maximum atomic E-state index is 5.33. The first-order valence-electron chi connectivity index (χ1n) is 7.83. The number of methoxy groups -OCH3 is 1.